The van der Waals surface area contributed by atoms with Crippen molar-refractivity contribution in [1.29, 1.82) is 0 Å². The van der Waals surface area contributed by atoms with Crippen LogP contribution >= 0.6 is 11.6 Å². The van der Waals surface area contributed by atoms with Crippen molar-refractivity contribution in [3.05, 3.63) is 64.8 Å². The molecule has 1 saturated carbocycles. The molecule has 3 aromatic rings. The van der Waals surface area contributed by atoms with Gasteiger partial charge in [-0.05, 0) is 56.2 Å². The molecule has 1 aromatic heterocycles. The standard InChI is InChI=1S/C26H30ClN3O4/c1-18-22(17-29(15-16-32-2)25(31)19-7-6-8-19)26(34-24-10-5-4-9-23(24)33-3)30(28-18)21-13-11-20(27)12-14-21/h4-5,9-14,19H,6-8,15-17H2,1-3H3. The highest BCUT2D eigenvalue weighted by atomic mass is 35.5. The van der Waals surface area contributed by atoms with Gasteiger partial charge < -0.3 is 19.1 Å². The van der Waals surface area contributed by atoms with Gasteiger partial charge in [0.25, 0.3) is 0 Å². The number of halogens is 1. The van der Waals surface area contributed by atoms with Crippen molar-refractivity contribution in [3.8, 4) is 23.1 Å². The summed E-state index contributed by atoms with van der Waals surface area (Å²) >= 11 is 6.11. The van der Waals surface area contributed by atoms with Gasteiger partial charge in [-0.15, -0.1) is 0 Å². The molecule has 0 spiro atoms. The number of para-hydroxylation sites is 2. The Morgan fingerprint density at radius 1 is 1.12 bits per heavy atom. The molecular weight excluding hydrogens is 454 g/mol. The number of rotatable bonds is 10. The maximum absolute atomic E-state index is 13.2. The molecule has 1 heterocycles. The first-order chi connectivity index (χ1) is 16.5. The van der Waals surface area contributed by atoms with Crippen molar-refractivity contribution in [2.24, 2.45) is 5.92 Å². The maximum atomic E-state index is 13.2. The van der Waals surface area contributed by atoms with Crippen LogP contribution in [-0.4, -0.2) is 48.0 Å². The smallest absolute Gasteiger partial charge is 0.228 e. The quantitative estimate of drug-likeness (QED) is 0.385. The maximum Gasteiger partial charge on any atom is 0.228 e. The van der Waals surface area contributed by atoms with Crippen molar-refractivity contribution in [2.75, 3.05) is 27.4 Å². The number of amides is 1. The lowest BCUT2D eigenvalue weighted by molar-refractivity contribution is -0.139. The van der Waals surface area contributed by atoms with Crippen LogP contribution in [0.1, 0.15) is 30.5 Å². The lowest BCUT2D eigenvalue weighted by Crippen LogP contribution is -2.40. The van der Waals surface area contributed by atoms with Gasteiger partial charge in [-0.3, -0.25) is 4.79 Å². The van der Waals surface area contributed by atoms with E-state index in [9.17, 15) is 4.79 Å². The molecule has 0 atom stereocenters. The summed E-state index contributed by atoms with van der Waals surface area (Å²) in [6.45, 7) is 3.28. The molecule has 0 radical (unpaired) electrons. The second-order valence-corrected chi connectivity index (χ2v) is 8.83. The summed E-state index contributed by atoms with van der Waals surface area (Å²) in [6.07, 6.45) is 2.98. The highest BCUT2D eigenvalue weighted by molar-refractivity contribution is 6.30. The molecule has 1 fully saturated rings. The van der Waals surface area contributed by atoms with Gasteiger partial charge in [0, 0.05) is 24.6 Å². The lowest BCUT2D eigenvalue weighted by Gasteiger charge is -2.31. The monoisotopic (exact) mass is 483 g/mol. The lowest BCUT2D eigenvalue weighted by atomic mass is 9.84. The van der Waals surface area contributed by atoms with E-state index in [1.807, 2.05) is 60.4 Å². The first-order valence-electron chi connectivity index (χ1n) is 11.4. The topological polar surface area (TPSA) is 65.8 Å². The Labute approximate surface area is 205 Å². The molecule has 2 aromatic carbocycles. The van der Waals surface area contributed by atoms with E-state index in [-0.39, 0.29) is 11.8 Å². The molecule has 0 saturated heterocycles. The summed E-state index contributed by atoms with van der Waals surface area (Å²) in [6, 6.07) is 14.9. The average Bonchev–Trinajstić information content (AvgIpc) is 3.11. The minimum absolute atomic E-state index is 0.0852. The first kappa shape index (κ1) is 24.1. The third-order valence-corrected chi connectivity index (χ3v) is 6.42. The number of carbonyl (C=O) groups is 1. The number of hydrogen-bond acceptors (Lipinski definition) is 5. The number of carbonyl (C=O) groups excluding carboxylic acids is 1. The largest absolute Gasteiger partial charge is 0.493 e. The van der Waals surface area contributed by atoms with Gasteiger partial charge >= 0.3 is 0 Å². The first-order valence-corrected chi connectivity index (χ1v) is 11.8. The number of benzene rings is 2. The van der Waals surface area contributed by atoms with E-state index in [2.05, 4.69) is 0 Å². The van der Waals surface area contributed by atoms with E-state index in [0.717, 1.165) is 36.2 Å². The number of nitrogens with zero attached hydrogens (tertiary/aromatic N) is 3. The summed E-state index contributed by atoms with van der Waals surface area (Å²) in [5, 5.41) is 5.41. The highest BCUT2D eigenvalue weighted by Crippen LogP contribution is 2.37. The van der Waals surface area contributed by atoms with Crippen molar-refractivity contribution >= 4 is 17.5 Å². The molecule has 0 bridgehead atoms. The minimum atomic E-state index is 0.0852. The van der Waals surface area contributed by atoms with Gasteiger partial charge in [-0.1, -0.05) is 30.2 Å². The number of ether oxygens (including phenoxy) is 3. The summed E-state index contributed by atoms with van der Waals surface area (Å²) in [5.41, 5.74) is 2.42. The van der Waals surface area contributed by atoms with Crippen LogP contribution in [0.4, 0.5) is 0 Å². The Bertz CT molecular complexity index is 1130. The number of methoxy groups -OCH3 is 2. The normalized spacial score (nSPS) is 13.4. The van der Waals surface area contributed by atoms with E-state index in [1.165, 1.54) is 0 Å². The molecule has 8 heteroatoms. The van der Waals surface area contributed by atoms with Crippen LogP contribution in [0.3, 0.4) is 0 Å². The van der Waals surface area contributed by atoms with Crippen LogP contribution in [0, 0.1) is 12.8 Å². The van der Waals surface area contributed by atoms with Gasteiger partial charge in [-0.25, -0.2) is 4.68 Å². The Kier molecular flexibility index (Phi) is 7.75. The second kappa shape index (κ2) is 10.9. The molecule has 180 valence electrons. The van der Waals surface area contributed by atoms with Gasteiger partial charge in [0.1, 0.15) is 0 Å². The molecule has 1 amide bonds. The summed E-state index contributed by atoms with van der Waals surface area (Å²) in [5.74, 6) is 1.95. The van der Waals surface area contributed by atoms with E-state index >= 15 is 0 Å². The predicted octanol–water partition coefficient (Wildman–Crippen LogP) is 5.41. The zero-order chi connectivity index (χ0) is 24.1. The molecule has 7 nitrogen and oxygen atoms in total. The zero-order valence-electron chi connectivity index (χ0n) is 19.8. The Balaban J connectivity index is 1.75. The zero-order valence-corrected chi connectivity index (χ0v) is 20.5. The summed E-state index contributed by atoms with van der Waals surface area (Å²) in [7, 11) is 3.25. The minimum Gasteiger partial charge on any atom is -0.493 e. The second-order valence-electron chi connectivity index (χ2n) is 8.39. The molecular formula is C26H30ClN3O4. The van der Waals surface area contributed by atoms with E-state index < -0.39 is 0 Å². The molecule has 34 heavy (non-hydrogen) atoms. The number of hydrogen-bond donors (Lipinski definition) is 0. The van der Waals surface area contributed by atoms with Crippen molar-refractivity contribution < 1.29 is 19.0 Å². The fraction of sp³-hybridized carbons (Fsp3) is 0.385. The third-order valence-electron chi connectivity index (χ3n) is 6.16. The third kappa shape index (κ3) is 5.21. The van der Waals surface area contributed by atoms with Crippen molar-refractivity contribution in [3.63, 3.8) is 0 Å². The van der Waals surface area contributed by atoms with Gasteiger partial charge in [0.2, 0.25) is 11.8 Å². The molecule has 0 aliphatic heterocycles. The number of aryl methyl sites for hydroxylation is 1. The Morgan fingerprint density at radius 2 is 1.82 bits per heavy atom. The van der Waals surface area contributed by atoms with Gasteiger partial charge in [0.05, 0.1) is 37.2 Å². The van der Waals surface area contributed by atoms with E-state index in [1.54, 1.807) is 18.9 Å². The molecule has 1 aliphatic carbocycles. The fourth-order valence-corrected chi connectivity index (χ4v) is 4.09. The van der Waals surface area contributed by atoms with Gasteiger partial charge in [0.15, 0.2) is 11.5 Å². The summed E-state index contributed by atoms with van der Waals surface area (Å²) < 4.78 is 19.0. The fourth-order valence-electron chi connectivity index (χ4n) is 3.96. The summed E-state index contributed by atoms with van der Waals surface area (Å²) in [4.78, 5) is 15.1. The Hall–Kier alpha value is -3.03. The predicted molar refractivity (Wildman–Crippen MR) is 131 cm³/mol. The van der Waals surface area contributed by atoms with Crippen LogP contribution < -0.4 is 9.47 Å². The number of aromatic nitrogens is 2. The van der Waals surface area contributed by atoms with E-state index in [0.29, 0.717) is 42.1 Å². The highest BCUT2D eigenvalue weighted by Gasteiger charge is 2.31. The van der Waals surface area contributed by atoms with Crippen LogP contribution in [-0.2, 0) is 16.1 Å². The molecule has 1 aliphatic rings. The molecule has 0 unspecified atom stereocenters. The van der Waals surface area contributed by atoms with E-state index in [4.69, 9.17) is 30.9 Å². The SMILES string of the molecule is COCCN(Cc1c(C)nn(-c2ccc(Cl)cc2)c1Oc1ccccc1OC)C(=O)C1CCC1. The molecule has 0 N–H and O–H groups in total. The van der Waals surface area contributed by atoms with Gasteiger partial charge in [-0.2, -0.15) is 5.10 Å². The van der Waals surface area contributed by atoms with Crippen molar-refractivity contribution in [2.45, 2.75) is 32.7 Å². The van der Waals surface area contributed by atoms with Crippen LogP contribution in [0.25, 0.3) is 5.69 Å². The van der Waals surface area contributed by atoms with Crippen LogP contribution in [0.15, 0.2) is 48.5 Å². The average molecular weight is 484 g/mol. The Morgan fingerprint density at radius 3 is 2.44 bits per heavy atom. The van der Waals surface area contributed by atoms with Crippen molar-refractivity contribution in [1.82, 2.24) is 14.7 Å². The van der Waals surface area contributed by atoms with Crippen LogP contribution in [0.2, 0.25) is 5.02 Å². The van der Waals surface area contributed by atoms with Crippen LogP contribution in [0.5, 0.6) is 17.4 Å². The molecule has 4 rings (SSSR count).